The van der Waals surface area contributed by atoms with Gasteiger partial charge in [-0.25, -0.2) is 4.99 Å². The summed E-state index contributed by atoms with van der Waals surface area (Å²) in [5.74, 6) is 1.10. The van der Waals surface area contributed by atoms with E-state index in [0.29, 0.717) is 23.6 Å². The highest BCUT2D eigenvalue weighted by atomic mass is 16.5. The standard InChI is InChI=1S/C20H23N5O2/c1-14(21)23-10-9-19(22)25-17-7-4-6-16(12-17)20(26)24-13-15-5-3-8-18(11-15)27-2/h3-12,25H,1,13,21-22H2,2H3,(H,24,26)/b19-9+,23-10-. The van der Waals surface area contributed by atoms with Gasteiger partial charge in [-0.15, -0.1) is 0 Å². The Bertz CT molecular complexity index is 874. The largest absolute Gasteiger partial charge is 0.497 e. The van der Waals surface area contributed by atoms with Crippen LogP contribution >= 0.6 is 0 Å². The summed E-state index contributed by atoms with van der Waals surface area (Å²) >= 11 is 0. The second-order valence-electron chi connectivity index (χ2n) is 5.63. The number of allylic oxidation sites excluding steroid dienone is 1. The van der Waals surface area contributed by atoms with Crippen molar-refractivity contribution in [2.45, 2.75) is 6.54 Å². The molecule has 140 valence electrons. The minimum absolute atomic E-state index is 0.189. The van der Waals surface area contributed by atoms with E-state index in [1.807, 2.05) is 24.3 Å². The Balaban J connectivity index is 1.99. The van der Waals surface area contributed by atoms with Gasteiger partial charge in [-0.3, -0.25) is 4.79 Å². The zero-order chi connectivity index (χ0) is 19.6. The van der Waals surface area contributed by atoms with E-state index in [0.717, 1.165) is 11.3 Å². The molecular weight excluding hydrogens is 342 g/mol. The van der Waals surface area contributed by atoms with Gasteiger partial charge in [0, 0.05) is 24.0 Å². The molecule has 0 heterocycles. The van der Waals surface area contributed by atoms with Gasteiger partial charge < -0.3 is 26.8 Å². The molecule has 0 unspecified atom stereocenters. The first kappa shape index (κ1) is 19.6. The van der Waals surface area contributed by atoms with E-state index in [2.05, 4.69) is 22.2 Å². The first-order valence-corrected chi connectivity index (χ1v) is 8.20. The van der Waals surface area contributed by atoms with Crippen molar-refractivity contribution in [2.75, 3.05) is 12.4 Å². The number of aliphatic imine (C=N–C) groups is 1. The average Bonchev–Trinajstić information content (AvgIpc) is 2.66. The summed E-state index contributed by atoms with van der Waals surface area (Å²) in [6.45, 7) is 3.85. The van der Waals surface area contributed by atoms with Crippen molar-refractivity contribution in [3.05, 3.63) is 84.0 Å². The smallest absolute Gasteiger partial charge is 0.251 e. The van der Waals surface area contributed by atoms with Gasteiger partial charge in [0.1, 0.15) is 17.4 Å². The predicted molar refractivity (Wildman–Crippen MR) is 108 cm³/mol. The van der Waals surface area contributed by atoms with Crippen LogP contribution in [0.25, 0.3) is 0 Å². The van der Waals surface area contributed by atoms with Gasteiger partial charge in [0.15, 0.2) is 0 Å². The van der Waals surface area contributed by atoms with E-state index < -0.39 is 0 Å². The van der Waals surface area contributed by atoms with Gasteiger partial charge in [0.05, 0.1) is 7.11 Å². The number of ether oxygens (including phenoxy) is 1. The fourth-order valence-corrected chi connectivity index (χ4v) is 2.23. The van der Waals surface area contributed by atoms with Crippen LogP contribution in [0.15, 0.2) is 77.8 Å². The van der Waals surface area contributed by atoms with E-state index in [1.54, 1.807) is 37.5 Å². The Morgan fingerprint density at radius 2 is 2.00 bits per heavy atom. The van der Waals surface area contributed by atoms with Gasteiger partial charge in [-0.05, 0) is 42.0 Å². The van der Waals surface area contributed by atoms with Gasteiger partial charge in [-0.1, -0.05) is 24.8 Å². The summed E-state index contributed by atoms with van der Waals surface area (Å²) in [4.78, 5) is 16.2. The molecule has 0 atom stereocenters. The molecule has 0 bridgehead atoms. The topological polar surface area (TPSA) is 115 Å². The number of benzene rings is 2. The number of carbonyl (C=O) groups is 1. The Hall–Kier alpha value is -3.74. The summed E-state index contributed by atoms with van der Waals surface area (Å²) in [6.07, 6.45) is 2.99. The third kappa shape index (κ3) is 6.58. The molecule has 7 heteroatoms. The molecule has 0 saturated carbocycles. The number of hydrogen-bond donors (Lipinski definition) is 4. The Morgan fingerprint density at radius 3 is 2.74 bits per heavy atom. The Morgan fingerprint density at radius 1 is 1.22 bits per heavy atom. The van der Waals surface area contributed by atoms with Crippen LogP contribution in [0.2, 0.25) is 0 Å². The lowest BCUT2D eigenvalue weighted by molar-refractivity contribution is 0.0951. The molecule has 0 aliphatic rings. The molecule has 0 spiro atoms. The van der Waals surface area contributed by atoms with Gasteiger partial charge >= 0.3 is 0 Å². The number of carbonyl (C=O) groups excluding carboxylic acids is 1. The highest BCUT2D eigenvalue weighted by molar-refractivity contribution is 5.95. The summed E-state index contributed by atoms with van der Waals surface area (Å²) < 4.78 is 5.18. The summed E-state index contributed by atoms with van der Waals surface area (Å²) in [5.41, 5.74) is 13.3. The number of methoxy groups -OCH3 is 1. The third-order valence-electron chi connectivity index (χ3n) is 3.50. The monoisotopic (exact) mass is 365 g/mol. The van der Waals surface area contributed by atoms with Crippen molar-refractivity contribution in [1.82, 2.24) is 5.32 Å². The van der Waals surface area contributed by atoms with Crippen LogP contribution in [-0.4, -0.2) is 19.2 Å². The van der Waals surface area contributed by atoms with E-state index >= 15 is 0 Å². The third-order valence-corrected chi connectivity index (χ3v) is 3.50. The predicted octanol–water partition coefficient (Wildman–Crippen LogP) is 2.34. The maximum Gasteiger partial charge on any atom is 0.251 e. The molecule has 0 aliphatic heterocycles. The summed E-state index contributed by atoms with van der Waals surface area (Å²) in [6, 6.07) is 14.5. The highest BCUT2D eigenvalue weighted by Gasteiger charge is 2.07. The van der Waals surface area contributed by atoms with Crippen LogP contribution in [0.5, 0.6) is 5.75 Å². The highest BCUT2D eigenvalue weighted by Crippen LogP contribution is 2.14. The number of anilines is 1. The molecule has 2 aromatic rings. The average molecular weight is 365 g/mol. The fraction of sp³-hybridized carbons (Fsp3) is 0.100. The van der Waals surface area contributed by atoms with E-state index in [-0.39, 0.29) is 11.7 Å². The molecule has 27 heavy (non-hydrogen) atoms. The number of nitrogens with one attached hydrogen (secondary N) is 2. The van der Waals surface area contributed by atoms with Gasteiger partial charge in [0.25, 0.3) is 5.91 Å². The number of amides is 1. The van der Waals surface area contributed by atoms with Gasteiger partial charge in [0.2, 0.25) is 0 Å². The molecular formula is C20H23N5O2. The van der Waals surface area contributed by atoms with Crippen LogP contribution in [0.4, 0.5) is 5.69 Å². The zero-order valence-corrected chi connectivity index (χ0v) is 15.1. The molecule has 2 aromatic carbocycles. The lowest BCUT2D eigenvalue weighted by atomic mass is 10.1. The zero-order valence-electron chi connectivity index (χ0n) is 15.1. The van der Waals surface area contributed by atoms with Crippen molar-refractivity contribution >= 4 is 17.8 Å². The van der Waals surface area contributed by atoms with Crippen LogP contribution in [-0.2, 0) is 6.54 Å². The molecule has 0 radical (unpaired) electrons. The maximum absolute atomic E-state index is 12.4. The first-order chi connectivity index (χ1) is 13.0. The van der Waals surface area contributed by atoms with Crippen LogP contribution in [0, 0.1) is 0 Å². The maximum atomic E-state index is 12.4. The second kappa shape index (κ2) is 9.67. The Labute approximate surface area is 158 Å². The molecule has 7 nitrogen and oxygen atoms in total. The van der Waals surface area contributed by atoms with Crippen molar-refractivity contribution < 1.29 is 9.53 Å². The van der Waals surface area contributed by atoms with E-state index in [4.69, 9.17) is 16.2 Å². The van der Waals surface area contributed by atoms with Gasteiger partial charge in [-0.2, -0.15) is 0 Å². The lowest BCUT2D eigenvalue weighted by Gasteiger charge is -2.09. The number of nitrogens with zero attached hydrogens (tertiary/aromatic N) is 1. The van der Waals surface area contributed by atoms with Crippen molar-refractivity contribution in [1.29, 1.82) is 0 Å². The number of hydrogen-bond acceptors (Lipinski definition) is 6. The fourth-order valence-electron chi connectivity index (χ4n) is 2.23. The van der Waals surface area contributed by atoms with Crippen molar-refractivity contribution in [3.63, 3.8) is 0 Å². The van der Waals surface area contributed by atoms with Crippen molar-refractivity contribution in [3.8, 4) is 5.75 Å². The quantitative estimate of drug-likeness (QED) is 0.536. The van der Waals surface area contributed by atoms with E-state index in [9.17, 15) is 4.79 Å². The SMILES string of the molecule is C=C(N)/N=C\C=C(/N)Nc1cccc(C(=O)NCc2cccc(OC)c2)c1. The molecule has 0 aromatic heterocycles. The number of nitrogens with two attached hydrogens (primary N) is 2. The molecule has 1 amide bonds. The minimum Gasteiger partial charge on any atom is -0.497 e. The second-order valence-corrected chi connectivity index (χ2v) is 5.63. The minimum atomic E-state index is -0.190. The molecule has 6 N–H and O–H groups in total. The molecule has 0 saturated heterocycles. The van der Waals surface area contributed by atoms with Crippen LogP contribution in [0.1, 0.15) is 15.9 Å². The van der Waals surface area contributed by atoms with Crippen LogP contribution in [0.3, 0.4) is 0 Å². The summed E-state index contributed by atoms with van der Waals surface area (Å²) in [5, 5.41) is 5.86. The normalized spacial score (nSPS) is 11.2. The number of rotatable bonds is 8. The van der Waals surface area contributed by atoms with E-state index in [1.165, 1.54) is 6.21 Å². The Kier molecular flexibility index (Phi) is 7.01. The van der Waals surface area contributed by atoms with Crippen molar-refractivity contribution in [2.24, 2.45) is 16.5 Å². The molecule has 2 rings (SSSR count). The first-order valence-electron chi connectivity index (χ1n) is 8.20. The molecule has 0 aliphatic carbocycles. The lowest BCUT2D eigenvalue weighted by Crippen LogP contribution is -2.23. The molecule has 0 fully saturated rings. The van der Waals surface area contributed by atoms with Crippen LogP contribution < -0.4 is 26.8 Å². The summed E-state index contributed by atoms with van der Waals surface area (Å²) in [7, 11) is 1.61.